The molecule has 1 atom stereocenters. The van der Waals surface area contributed by atoms with Gasteiger partial charge in [0.15, 0.2) is 0 Å². The summed E-state index contributed by atoms with van der Waals surface area (Å²) in [5, 5.41) is 14.7. The van der Waals surface area contributed by atoms with Crippen LogP contribution in [0.2, 0.25) is 0 Å². The van der Waals surface area contributed by atoms with E-state index >= 15 is 0 Å². The summed E-state index contributed by atoms with van der Waals surface area (Å²) in [6.45, 7) is 11.5. The largest absolute Gasteiger partial charge is 0.394 e. The third-order valence-corrected chi connectivity index (χ3v) is 7.68. The highest BCUT2D eigenvalue weighted by atomic mass is 32.2. The minimum Gasteiger partial charge on any atom is -0.347 e. The topological polar surface area (TPSA) is 72.8 Å². The second-order valence-electron chi connectivity index (χ2n) is 10.7. The molecule has 212 valence electrons. The Kier molecular flexibility index (Phi) is 11.1. The van der Waals surface area contributed by atoms with Crippen LogP contribution in [0.25, 0.3) is 5.70 Å². The van der Waals surface area contributed by atoms with E-state index in [1.807, 2.05) is 42.5 Å². The highest BCUT2D eigenvalue weighted by Gasteiger charge is 2.62. The minimum atomic E-state index is -4.13. The fraction of sp³-hybridized carbons (Fsp3) is 0.467. The summed E-state index contributed by atoms with van der Waals surface area (Å²) < 4.78 is 42.6. The summed E-state index contributed by atoms with van der Waals surface area (Å²) in [6.07, 6.45) is 1.04. The van der Waals surface area contributed by atoms with Crippen molar-refractivity contribution < 1.29 is 13.2 Å². The van der Waals surface area contributed by atoms with E-state index in [-0.39, 0.29) is 19.3 Å². The summed E-state index contributed by atoms with van der Waals surface area (Å²) >= 11 is 1.50. The quantitative estimate of drug-likeness (QED) is 0.124. The van der Waals surface area contributed by atoms with E-state index < -0.39 is 11.6 Å². The van der Waals surface area contributed by atoms with Crippen LogP contribution in [0.3, 0.4) is 0 Å². The molecule has 0 aliphatic heterocycles. The van der Waals surface area contributed by atoms with Gasteiger partial charge >= 0.3 is 6.18 Å². The van der Waals surface area contributed by atoms with E-state index in [9.17, 15) is 13.2 Å². The van der Waals surface area contributed by atoms with Crippen molar-refractivity contribution in [1.82, 2.24) is 15.0 Å². The van der Waals surface area contributed by atoms with Crippen LogP contribution < -0.4 is 15.4 Å². The lowest BCUT2D eigenvalue weighted by Gasteiger charge is -2.19. The zero-order chi connectivity index (χ0) is 28.5. The number of rotatable bonds is 16. The molecule has 2 aromatic rings. The van der Waals surface area contributed by atoms with Gasteiger partial charge in [-0.05, 0) is 93.3 Å². The maximum Gasteiger partial charge on any atom is 0.394 e. The molecule has 3 rings (SSSR count). The smallest absolute Gasteiger partial charge is 0.347 e. The number of pyridine rings is 1. The van der Waals surface area contributed by atoms with Crippen molar-refractivity contribution in [2.75, 3.05) is 11.9 Å². The second kappa shape index (κ2) is 14.0. The molecule has 1 fully saturated rings. The summed E-state index contributed by atoms with van der Waals surface area (Å²) in [5.41, 5.74) is 1.41. The van der Waals surface area contributed by atoms with Crippen LogP contribution in [0.15, 0.2) is 66.2 Å². The lowest BCUT2D eigenvalue weighted by molar-refractivity contribution is -0.189. The molecule has 1 heterocycles. The number of nitrogens with zero attached hydrogens (tertiary/aromatic N) is 1. The second-order valence-corrected chi connectivity index (χ2v) is 11.6. The fourth-order valence-corrected chi connectivity index (χ4v) is 4.91. The van der Waals surface area contributed by atoms with Crippen molar-refractivity contribution in [2.24, 2.45) is 11.3 Å². The fourth-order valence-electron chi connectivity index (χ4n) is 4.27. The number of hydrogen-bond acceptors (Lipinski definition) is 6. The first-order valence-corrected chi connectivity index (χ1v) is 14.3. The Morgan fingerprint density at radius 2 is 1.87 bits per heavy atom. The summed E-state index contributed by atoms with van der Waals surface area (Å²) in [6, 6.07) is 14.3. The van der Waals surface area contributed by atoms with E-state index in [2.05, 4.69) is 42.7 Å². The predicted octanol–water partition coefficient (Wildman–Crippen LogP) is 7.98. The first-order chi connectivity index (χ1) is 18.5. The molecule has 0 bridgehead atoms. The van der Waals surface area contributed by atoms with Crippen LogP contribution in [0.5, 0.6) is 0 Å². The van der Waals surface area contributed by atoms with Gasteiger partial charge in [0.25, 0.3) is 0 Å². The number of aromatic nitrogens is 1. The van der Waals surface area contributed by atoms with E-state index in [0.717, 1.165) is 34.8 Å². The average Bonchev–Trinajstić information content (AvgIpc) is 3.68. The van der Waals surface area contributed by atoms with E-state index in [0.29, 0.717) is 36.3 Å². The van der Waals surface area contributed by atoms with Gasteiger partial charge in [-0.3, -0.25) is 0 Å². The average molecular weight is 560 g/mol. The van der Waals surface area contributed by atoms with Gasteiger partial charge in [0.05, 0.1) is 11.1 Å². The summed E-state index contributed by atoms with van der Waals surface area (Å²) in [5.74, 6) is 0.984. The molecule has 1 saturated carbocycles. The third-order valence-electron chi connectivity index (χ3n) is 6.82. The molecular formula is C30H40F3N5S. The normalized spacial score (nSPS) is 15.4. The van der Waals surface area contributed by atoms with Crippen LogP contribution in [0, 0.1) is 16.7 Å². The number of nitrogens with one attached hydrogen (secondary N) is 4. The van der Waals surface area contributed by atoms with Crippen molar-refractivity contribution >= 4 is 29.2 Å². The zero-order valence-electron chi connectivity index (χ0n) is 23.0. The Hall–Kier alpha value is -2.78. The van der Waals surface area contributed by atoms with Crippen molar-refractivity contribution in [3.63, 3.8) is 0 Å². The van der Waals surface area contributed by atoms with Crippen LogP contribution in [-0.4, -0.2) is 29.5 Å². The molecule has 0 radical (unpaired) electrons. The molecule has 1 aliphatic carbocycles. The zero-order valence-corrected chi connectivity index (χ0v) is 23.8. The number of anilines is 1. The molecule has 9 heteroatoms. The SMILES string of the molecule is C=C(NSc1ccccc1)c1ccc(N/C=C\C(=N)CCCC2(C(F)(F)F)CC2)nc1CC(C)CNC(C)C. The maximum atomic E-state index is 13.1. The Balaban J connectivity index is 1.60. The molecule has 0 spiro atoms. The molecule has 4 N–H and O–H groups in total. The van der Waals surface area contributed by atoms with Gasteiger partial charge in [-0.15, -0.1) is 0 Å². The van der Waals surface area contributed by atoms with Gasteiger partial charge in [0.1, 0.15) is 5.82 Å². The lowest BCUT2D eigenvalue weighted by Crippen LogP contribution is -2.29. The van der Waals surface area contributed by atoms with Gasteiger partial charge in [-0.25, -0.2) is 4.98 Å². The van der Waals surface area contributed by atoms with E-state index in [4.69, 9.17) is 10.4 Å². The summed E-state index contributed by atoms with van der Waals surface area (Å²) in [7, 11) is 0. The Morgan fingerprint density at radius 1 is 1.15 bits per heavy atom. The first-order valence-electron chi connectivity index (χ1n) is 13.5. The van der Waals surface area contributed by atoms with Crippen LogP contribution >= 0.6 is 11.9 Å². The van der Waals surface area contributed by atoms with Gasteiger partial charge in [-0.1, -0.05) is 45.5 Å². The highest BCUT2D eigenvalue weighted by molar-refractivity contribution is 7.97. The van der Waals surface area contributed by atoms with E-state index in [1.54, 1.807) is 12.3 Å². The number of allylic oxidation sites excluding steroid dienone is 1. The monoisotopic (exact) mass is 559 g/mol. The molecule has 0 saturated heterocycles. The highest BCUT2D eigenvalue weighted by Crippen LogP contribution is 2.60. The van der Waals surface area contributed by atoms with Crippen molar-refractivity contribution in [3.8, 4) is 0 Å². The number of alkyl halides is 3. The Morgan fingerprint density at radius 3 is 2.51 bits per heavy atom. The van der Waals surface area contributed by atoms with Crippen molar-refractivity contribution in [3.05, 3.63) is 72.6 Å². The molecule has 1 aromatic heterocycles. The van der Waals surface area contributed by atoms with Gasteiger partial charge in [-0.2, -0.15) is 13.2 Å². The van der Waals surface area contributed by atoms with Gasteiger partial charge < -0.3 is 20.8 Å². The van der Waals surface area contributed by atoms with Crippen LogP contribution in [0.1, 0.15) is 64.1 Å². The first kappa shape index (κ1) is 30.8. The number of benzene rings is 1. The number of halogens is 3. The third kappa shape index (κ3) is 9.72. The number of hydrogen-bond donors (Lipinski definition) is 4. The molecule has 1 aliphatic rings. The van der Waals surface area contributed by atoms with Crippen molar-refractivity contribution in [1.29, 1.82) is 5.41 Å². The van der Waals surface area contributed by atoms with Crippen LogP contribution in [0.4, 0.5) is 19.0 Å². The van der Waals surface area contributed by atoms with Crippen LogP contribution in [-0.2, 0) is 6.42 Å². The maximum absolute atomic E-state index is 13.1. The Labute approximate surface area is 234 Å². The van der Waals surface area contributed by atoms with Gasteiger partial charge in [0.2, 0.25) is 0 Å². The summed E-state index contributed by atoms with van der Waals surface area (Å²) in [4.78, 5) is 5.93. The van der Waals surface area contributed by atoms with E-state index in [1.165, 1.54) is 11.9 Å². The molecule has 5 nitrogen and oxygen atoms in total. The molecule has 39 heavy (non-hydrogen) atoms. The minimum absolute atomic E-state index is 0.0941. The molecule has 0 amide bonds. The lowest BCUT2D eigenvalue weighted by atomic mass is 9.97. The van der Waals surface area contributed by atoms with Crippen molar-refractivity contribution in [2.45, 2.75) is 76.4 Å². The van der Waals surface area contributed by atoms with Gasteiger partial charge in [0, 0.05) is 34.1 Å². The predicted molar refractivity (Wildman–Crippen MR) is 157 cm³/mol. The molecule has 1 aromatic carbocycles. The molecular weight excluding hydrogens is 519 g/mol. The molecule has 1 unspecified atom stereocenters. The Bertz CT molecular complexity index is 1130. The standard InChI is InChI=1S/C30H40F3N5S/c1-21(2)36-20-22(3)19-27-26(23(4)38-39-25-10-6-5-7-11-25)12-13-28(37-27)35-18-14-24(34)9-8-15-29(16-17-29)30(31,32)33/h5-7,10-14,18,21-22,34,36,38H,4,8-9,15-17,19-20H2,1-3H3,(H,35,37)/b18-14-,34-24?.